The highest BCUT2D eigenvalue weighted by Crippen LogP contribution is 2.27. The van der Waals surface area contributed by atoms with Crippen molar-refractivity contribution >= 4 is 97.0 Å². The number of fused-ring (bicyclic) bond motifs is 3. The molecule has 6 aromatic heterocycles. The average molecular weight is 1040 g/mol. The van der Waals surface area contributed by atoms with E-state index in [0.717, 1.165) is 117 Å². The molecule has 70 heavy (non-hydrogen) atoms. The number of nitrogens with zero attached hydrogens (tertiary/aromatic N) is 11. The number of aliphatic hydroxyl groups is 1. The van der Waals surface area contributed by atoms with E-state index in [2.05, 4.69) is 90.9 Å². The fourth-order valence-electron chi connectivity index (χ4n) is 6.60. The minimum Gasteiger partial charge on any atom is -0.427 e. The van der Waals surface area contributed by atoms with Crippen LogP contribution in [0.4, 0.5) is 23.0 Å². The minimum atomic E-state index is -0.905. The number of benzene rings is 2. The Balaban J connectivity index is 0.000000136. The minimum absolute atomic E-state index is 0.405. The van der Waals surface area contributed by atoms with Gasteiger partial charge in [-0.25, -0.2) is 44.9 Å². The summed E-state index contributed by atoms with van der Waals surface area (Å²) in [4.78, 5) is 51.1. The van der Waals surface area contributed by atoms with Gasteiger partial charge >= 0.3 is 7.48 Å². The van der Waals surface area contributed by atoms with E-state index in [1.165, 1.54) is 12.7 Å². The molecule has 22 nitrogen and oxygen atoms in total. The quantitative estimate of drug-likeness (QED) is 0.0512. The molecule has 3 aliphatic rings. The predicted molar refractivity (Wildman–Crippen MR) is 275 cm³/mol. The van der Waals surface area contributed by atoms with Crippen LogP contribution in [0.3, 0.4) is 0 Å². The number of morpholine rings is 3. The van der Waals surface area contributed by atoms with Gasteiger partial charge in [0.25, 0.3) is 0 Å². The lowest BCUT2D eigenvalue weighted by molar-refractivity contribution is -0.0893. The van der Waals surface area contributed by atoms with Crippen molar-refractivity contribution < 1.29 is 24.0 Å². The Kier molecular flexibility index (Phi) is 18.2. The van der Waals surface area contributed by atoms with E-state index in [9.17, 15) is 5.11 Å². The molecular formula is C45H57BBrClN17O5. The molecule has 0 aliphatic carbocycles. The van der Waals surface area contributed by atoms with Gasteiger partial charge in [0.15, 0.2) is 38.5 Å². The molecule has 0 atom stereocenters. The van der Waals surface area contributed by atoms with Crippen LogP contribution in [0.2, 0.25) is 5.15 Å². The molecule has 0 amide bonds. The molecule has 9 heterocycles. The van der Waals surface area contributed by atoms with Gasteiger partial charge in [-0.3, -0.25) is 0 Å². The summed E-state index contributed by atoms with van der Waals surface area (Å²) in [6, 6.07) is 15.0. The van der Waals surface area contributed by atoms with Gasteiger partial charge in [-0.2, -0.15) is 0 Å². The predicted octanol–water partition coefficient (Wildman–Crippen LogP) is 4.08. The van der Waals surface area contributed by atoms with Crippen LogP contribution >= 0.6 is 27.5 Å². The molecule has 1 radical (unpaired) electrons. The largest absolute Gasteiger partial charge is 0.427 e. The third kappa shape index (κ3) is 14.2. The van der Waals surface area contributed by atoms with Crippen molar-refractivity contribution in [1.82, 2.24) is 65.1 Å². The summed E-state index contributed by atoms with van der Waals surface area (Å²) in [7, 11) is 1.64. The zero-order chi connectivity index (χ0) is 49.5. The van der Waals surface area contributed by atoms with Gasteiger partial charge in [0.05, 0.1) is 57.2 Å². The summed E-state index contributed by atoms with van der Waals surface area (Å²) in [5.74, 6) is 2.54. The van der Waals surface area contributed by atoms with E-state index < -0.39 is 11.2 Å². The van der Waals surface area contributed by atoms with E-state index in [0.29, 0.717) is 45.6 Å². The van der Waals surface area contributed by atoms with Crippen molar-refractivity contribution in [3.8, 4) is 11.4 Å². The monoisotopic (exact) mass is 1040 g/mol. The van der Waals surface area contributed by atoms with Crippen molar-refractivity contribution in [3.05, 3.63) is 83.7 Å². The molecular weight excluding hydrogens is 985 g/mol. The highest BCUT2D eigenvalue weighted by molar-refractivity contribution is 9.10. The second-order valence-electron chi connectivity index (χ2n) is 16.8. The van der Waals surface area contributed by atoms with Crippen LogP contribution in [0.15, 0.2) is 78.6 Å². The molecule has 3 fully saturated rings. The number of nitrogens with two attached hydrogens (primary N) is 2. The van der Waals surface area contributed by atoms with E-state index in [4.69, 9.17) is 41.9 Å². The first-order valence-corrected chi connectivity index (χ1v) is 23.7. The van der Waals surface area contributed by atoms with Gasteiger partial charge in [-0.15, -0.1) is 0 Å². The van der Waals surface area contributed by atoms with Crippen LogP contribution in [0.5, 0.6) is 0 Å². The summed E-state index contributed by atoms with van der Waals surface area (Å²) in [6.45, 7) is 17.2. The number of nitrogen functional groups attached to an aromatic ring is 2. The normalized spacial score (nSPS) is 15.1. The zero-order valence-corrected chi connectivity index (χ0v) is 41.7. The van der Waals surface area contributed by atoms with Crippen LogP contribution in [0.1, 0.15) is 27.7 Å². The number of hydrogen-bond acceptors (Lipinski definition) is 19. The Labute approximate surface area is 418 Å². The van der Waals surface area contributed by atoms with Gasteiger partial charge in [0.2, 0.25) is 0 Å². The number of nitrogens with one attached hydrogen (secondary N) is 4. The van der Waals surface area contributed by atoms with Crippen molar-refractivity contribution in [2.24, 2.45) is 0 Å². The van der Waals surface area contributed by atoms with Crippen LogP contribution in [-0.4, -0.2) is 163 Å². The molecule has 8 aromatic rings. The molecule has 0 bridgehead atoms. The first-order valence-electron chi connectivity index (χ1n) is 22.5. The highest BCUT2D eigenvalue weighted by Gasteiger charge is 2.35. The fourth-order valence-corrected chi connectivity index (χ4v) is 7.15. The Morgan fingerprint density at radius 2 is 1.17 bits per heavy atom. The number of aromatic amines is 3. The van der Waals surface area contributed by atoms with E-state index in [1.807, 2.05) is 62.4 Å². The number of anilines is 4. The first-order chi connectivity index (χ1) is 33.8. The molecule has 11 rings (SSSR count). The zero-order valence-electron chi connectivity index (χ0n) is 39.4. The lowest BCUT2D eigenvalue weighted by atomic mass is 9.82. The standard InChI is InChI=1S/C15H16N6O.C12H19BNO2.C9H10BrN5O.C5H3ClN4.C4H9NO/c16-11-3-1-10(2-4-11)13-19-12-14(20-13)17-9-18-15(12)21-5-7-22-8-6-21;1-11(2,15)12(3,4)16-13-9-5-7-10(14)8-6-9;10-9-13-6-7(14-9)11-5-12-8(6)15-1-3-16-4-2-15;6-4-3-5(9-1-7-3)10-2-8-4;1-3-6-4-2-5-1/h1-4,9H,5-8,16H2,(H,17,18,19,20);5-8,15H,14H2,1-4H3;5H,1-4H2,(H,11,12,13,14);1-2H,(H,7,8,9,10);5H,1-4H2. The Morgan fingerprint density at radius 3 is 1.70 bits per heavy atom. The van der Waals surface area contributed by atoms with Crippen molar-refractivity contribution in [2.75, 3.05) is 100 Å². The Morgan fingerprint density at radius 1 is 0.657 bits per heavy atom. The second-order valence-corrected chi connectivity index (χ2v) is 17.9. The number of imidazole rings is 3. The number of hydrogen-bond donors (Lipinski definition) is 7. The number of H-pyrrole nitrogens is 3. The van der Waals surface area contributed by atoms with E-state index in [-0.39, 0.29) is 0 Å². The fraction of sp³-hybridized carbons (Fsp3) is 0.400. The van der Waals surface area contributed by atoms with Gasteiger partial charge < -0.3 is 65.5 Å². The third-order valence-corrected chi connectivity index (χ3v) is 11.9. The molecule has 3 saturated heterocycles. The van der Waals surface area contributed by atoms with Gasteiger partial charge in [0.1, 0.15) is 41.4 Å². The summed E-state index contributed by atoms with van der Waals surface area (Å²) < 4.78 is 22.0. The molecule has 0 unspecified atom stereocenters. The van der Waals surface area contributed by atoms with Crippen molar-refractivity contribution in [1.29, 1.82) is 0 Å². The topological polar surface area (TPSA) is 291 Å². The van der Waals surface area contributed by atoms with Gasteiger partial charge in [-0.05, 0) is 80.0 Å². The molecule has 25 heteroatoms. The van der Waals surface area contributed by atoms with E-state index >= 15 is 0 Å². The third-order valence-electron chi connectivity index (χ3n) is 11.2. The summed E-state index contributed by atoms with van der Waals surface area (Å²) in [5.41, 5.74) is 17.5. The number of rotatable bonds is 7. The van der Waals surface area contributed by atoms with Crippen LogP contribution < -0.4 is 32.0 Å². The molecule has 0 saturated carbocycles. The molecule has 0 spiro atoms. The first kappa shape index (κ1) is 51.7. The van der Waals surface area contributed by atoms with Gasteiger partial charge in [0, 0.05) is 56.2 Å². The lowest BCUT2D eigenvalue weighted by Crippen LogP contribution is -2.49. The summed E-state index contributed by atoms with van der Waals surface area (Å²) >= 11 is 8.98. The molecule has 3 aliphatic heterocycles. The Hall–Kier alpha value is -6.12. The maximum atomic E-state index is 9.90. The summed E-state index contributed by atoms with van der Waals surface area (Å²) in [5, 5.41) is 13.5. The number of aromatic nitrogens is 12. The molecule has 369 valence electrons. The average Bonchev–Trinajstić information content (AvgIpc) is 4.15. The maximum absolute atomic E-state index is 9.90. The van der Waals surface area contributed by atoms with Crippen LogP contribution in [0.25, 0.3) is 44.9 Å². The molecule has 9 N–H and O–H groups in total. The maximum Gasteiger partial charge on any atom is 0.330 e. The number of halogens is 2. The van der Waals surface area contributed by atoms with Crippen molar-refractivity contribution in [2.45, 2.75) is 38.9 Å². The van der Waals surface area contributed by atoms with Crippen molar-refractivity contribution in [3.63, 3.8) is 0 Å². The lowest BCUT2D eigenvalue weighted by Gasteiger charge is -2.37. The Bertz CT molecular complexity index is 2840. The van der Waals surface area contributed by atoms with E-state index in [1.54, 1.807) is 34.0 Å². The SMILES string of the molecule is Brc1nc2ncnc(N3CCOCC3)c2[nH]1.C1COCCN1.CC(C)(O)C(C)(C)O[B]c1ccc(N)cc1.Clc1ncnc2nc[nH]c12.Nc1ccc(-c2nc3ncnc(N4CCOCC4)c3[nH]2)cc1. The smallest absolute Gasteiger partial charge is 0.330 e. The van der Waals surface area contributed by atoms with Crippen LogP contribution in [0, 0.1) is 0 Å². The second kappa shape index (κ2) is 24.6. The number of ether oxygens (including phenoxy) is 3. The molecule has 2 aromatic carbocycles. The van der Waals surface area contributed by atoms with Gasteiger partial charge in [-0.1, -0.05) is 29.2 Å². The highest BCUT2D eigenvalue weighted by atomic mass is 79.9. The van der Waals surface area contributed by atoms with Crippen LogP contribution in [-0.2, 0) is 18.9 Å². The summed E-state index contributed by atoms with van der Waals surface area (Å²) in [6.07, 6.45) is 6.01.